The Bertz CT molecular complexity index is 567. The molecule has 2 atom stereocenters. The number of methoxy groups -OCH3 is 1. The van der Waals surface area contributed by atoms with Crippen LogP contribution in [0.15, 0.2) is 24.3 Å². The van der Waals surface area contributed by atoms with Gasteiger partial charge in [-0.2, -0.15) is 0 Å². The summed E-state index contributed by atoms with van der Waals surface area (Å²) in [5.74, 6) is 0.561. The van der Waals surface area contributed by atoms with E-state index in [1.807, 2.05) is 6.92 Å². The molecule has 1 saturated heterocycles. The van der Waals surface area contributed by atoms with E-state index < -0.39 is 6.09 Å². The lowest BCUT2D eigenvalue weighted by atomic mass is 9.93. The van der Waals surface area contributed by atoms with Gasteiger partial charge in [-0.15, -0.1) is 0 Å². The Morgan fingerprint density at radius 3 is 2.62 bits per heavy atom. The zero-order valence-electron chi connectivity index (χ0n) is 11.9. The summed E-state index contributed by atoms with van der Waals surface area (Å²) in [4.78, 5) is 12.8. The fourth-order valence-corrected chi connectivity index (χ4v) is 3.31. The van der Waals surface area contributed by atoms with Crippen LogP contribution in [0, 0.1) is 0 Å². The number of rotatable bonds is 3. The zero-order chi connectivity index (χ0) is 15.7. The Hall–Kier alpha value is -1.39. The Morgan fingerprint density at radius 1 is 1.48 bits per heavy atom. The number of hydrogen-bond acceptors (Lipinski definition) is 2. The van der Waals surface area contributed by atoms with Gasteiger partial charge in [0.05, 0.1) is 23.2 Å². The molecule has 114 valence electrons. The number of ether oxygens (including phenoxy) is 1. The van der Waals surface area contributed by atoms with Gasteiger partial charge < -0.3 is 14.7 Å². The van der Waals surface area contributed by atoms with Gasteiger partial charge in [0.15, 0.2) is 0 Å². The molecule has 1 aromatic carbocycles. The molecule has 0 aromatic heterocycles. The van der Waals surface area contributed by atoms with E-state index in [1.54, 1.807) is 19.2 Å². The molecule has 0 bridgehead atoms. The monoisotopic (exact) mass is 329 g/mol. The van der Waals surface area contributed by atoms with Gasteiger partial charge in [-0.3, -0.25) is 0 Å². The first-order chi connectivity index (χ1) is 9.86. The summed E-state index contributed by atoms with van der Waals surface area (Å²) >= 11 is 12.4. The first kappa shape index (κ1) is 16.0. The maximum absolute atomic E-state index is 11.4. The molecule has 0 spiro atoms. The van der Waals surface area contributed by atoms with Crippen LogP contribution in [0.3, 0.4) is 0 Å². The third-order valence-corrected chi connectivity index (χ3v) is 4.66. The molecule has 1 aliphatic heterocycles. The summed E-state index contributed by atoms with van der Waals surface area (Å²) in [5, 5.41) is 10.2. The van der Waals surface area contributed by atoms with Crippen molar-refractivity contribution in [3.63, 3.8) is 0 Å². The molecular weight excluding hydrogens is 313 g/mol. The van der Waals surface area contributed by atoms with E-state index in [0.717, 1.165) is 11.1 Å². The summed E-state index contributed by atoms with van der Waals surface area (Å²) in [7, 11) is 1.56. The van der Waals surface area contributed by atoms with Gasteiger partial charge in [-0.05, 0) is 25.5 Å². The SMILES string of the molecule is C=C(C)[C@@H]1C[C@H](c2c(OC)ccc(Cl)c2Cl)CN1C(=O)O. The van der Waals surface area contributed by atoms with Crippen molar-refractivity contribution in [2.45, 2.75) is 25.3 Å². The van der Waals surface area contributed by atoms with E-state index in [9.17, 15) is 9.90 Å². The second-order valence-corrected chi connectivity index (χ2v) is 5.99. The second-order valence-electron chi connectivity index (χ2n) is 5.21. The Kier molecular flexibility index (Phi) is 4.69. The fourth-order valence-electron chi connectivity index (χ4n) is 2.83. The number of benzene rings is 1. The standard InChI is InChI=1S/C15H17Cl2NO3/c1-8(2)11-6-9(7-18(11)15(19)20)13-12(21-3)5-4-10(16)14(13)17/h4-5,9,11H,1,6-7H2,2-3H3,(H,19,20)/t9-,11-/m0/s1. The number of hydrogen-bond donors (Lipinski definition) is 1. The first-order valence-electron chi connectivity index (χ1n) is 6.53. The molecule has 1 heterocycles. The lowest BCUT2D eigenvalue weighted by Crippen LogP contribution is -2.34. The van der Waals surface area contributed by atoms with Crippen molar-refractivity contribution in [1.82, 2.24) is 4.90 Å². The van der Waals surface area contributed by atoms with Gasteiger partial charge in [0.25, 0.3) is 0 Å². The summed E-state index contributed by atoms with van der Waals surface area (Å²) in [6.07, 6.45) is -0.333. The quantitative estimate of drug-likeness (QED) is 0.835. The van der Waals surface area contributed by atoms with E-state index in [2.05, 4.69) is 6.58 Å². The van der Waals surface area contributed by atoms with Gasteiger partial charge in [0, 0.05) is 18.0 Å². The van der Waals surface area contributed by atoms with Crippen LogP contribution in [0.2, 0.25) is 10.0 Å². The van der Waals surface area contributed by atoms with Crippen molar-refractivity contribution in [2.75, 3.05) is 13.7 Å². The van der Waals surface area contributed by atoms with Crippen LogP contribution in [0.5, 0.6) is 5.75 Å². The van der Waals surface area contributed by atoms with E-state index in [4.69, 9.17) is 27.9 Å². The first-order valence-corrected chi connectivity index (χ1v) is 7.29. The Labute approximate surface area is 133 Å². The Balaban J connectivity index is 2.42. The van der Waals surface area contributed by atoms with Crippen LogP contribution in [-0.2, 0) is 0 Å². The third-order valence-electron chi connectivity index (χ3n) is 3.84. The molecule has 21 heavy (non-hydrogen) atoms. The predicted octanol–water partition coefficient (Wildman–Crippen LogP) is 4.41. The molecule has 0 radical (unpaired) electrons. The molecule has 0 unspecified atom stereocenters. The van der Waals surface area contributed by atoms with E-state index >= 15 is 0 Å². The highest BCUT2D eigenvalue weighted by Gasteiger charge is 2.38. The van der Waals surface area contributed by atoms with Gasteiger partial charge in [0.1, 0.15) is 5.75 Å². The van der Waals surface area contributed by atoms with E-state index in [1.165, 1.54) is 4.90 Å². The number of likely N-dealkylation sites (tertiary alicyclic amines) is 1. The maximum atomic E-state index is 11.4. The summed E-state index contributed by atoms with van der Waals surface area (Å²) in [5.41, 5.74) is 1.58. The van der Waals surface area contributed by atoms with Crippen molar-refractivity contribution >= 4 is 29.3 Å². The third kappa shape index (κ3) is 2.97. The number of carboxylic acid groups (broad SMARTS) is 1. The van der Waals surface area contributed by atoms with Crippen molar-refractivity contribution in [2.24, 2.45) is 0 Å². The zero-order valence-corrected chi connectivity index (χ0v) is 13.4. The van der Waals surface area contributed by atoms with Crippen LogP contribution in [0.1, 0.15) is 24.8 Å². The summed E-state index contributed by atoms with van der Waals surface area (Å²) in [6, 6.07) is 3.21. The molecule has 4 nitrogen and oxygen atoms in total. The van der Waals surface area contributed by atoms with Crippen LogP contribution in [-0.4, -0.2) is 35.8 Å². The minimum Gasteiger partial charge on any atom is -0.496 e. The van der Waals surface area contributed by atoms with Gasteiger partial charge >= 0.3 is 6.09 Å². The molecule has 1 amide bonds. The molecule has 6 heteroatoms. The molecule has 1 aromatic rings. The average Bonchev–Trinajstić information content (AvgIpc) is 2.86. The molecule has 1 fully saturated rings. The topological polar surface area (TPSA) is 49.8 Å². The molecular formula is C15H17Cl2NO3. The number of nitrogens with zero attached hydrogens (tertiary/aromatic N) is 1. The number of halogens is 2. The smallest absolute Gasteiger partial charge is 0.407 e. The minimum absolute atomic E-state index is 0.0658. The predicted molar refractivity (Wildman–Crippen MR) is 83.7 cm³/mol. The van der Waals surface area contributed by atoms with Crippen LogP contribution in [0.25, 0.3) is 0 Å². The lowest BCUT2D eigenvalue weighted by Gasteiger charge is -2.21. The van der Waals surface area contributed by atoms with Crippen molar-refractivity contribution in [1.29, 1.82) is 0 Å². The molecule has 1 aliphatic rings. The average molecular weight is 330 g/mol. The fraction of sp³-hybridized carbons (Fsp3) is 0.400. The van der Waals surface area contributed by atoms with Gasteiger partial charge in [-0.1, -0.05) is 35.4 Å². The lowest BCUT2D eigenvalue weighted by molar-refractivity contribution is 0.145. The normalized spacial score (nSPS) is 21.4. The largest absolute Gasteiger partial charge is 0.496 e. The Morgan fingerprint density at radius 2 is 2.14 bits per heavy atom. The maximum Gasteiger partial charge on any atom is 0.407 e. The summed E-state index contributed by atoms with van der Waals surface area (Å²) in [6.45, 7) is 6.07. The molecule has 1 N–H and O–H groups in total. The minimum atomic E-state index is -0.956. The highest BCUT2D eigenvalue weighted by atomic mass is 35.5. The van der Waals surface area contributed by atoms with Crippen molar-refractivity contribution in [3.8, 4) is 5.75 Å². The van der Waals surface area contributed by atoms with Crippen molar-refractivity contribution < 1.29 is 14.6 Å². The number of carbonyl (C=O) groups is 1. The van der Waals surface area contributed by atoms with Gasteiger partial charge in [-0.25, -0.2) is 4.79 Å². The van der Waals surface area contributed by atoms with Gasteiger partial charge in [0.2, 0.25) is 0 Å². The highest BCUT2D eigenvalue weighted by molar-refractivity contribution is 6.42. The van der Waals surface area contributed by atoms with E-state index in [0.29, 0.717) is 28.8 Å². The van der Waals surface area contributed by atoms with Crippen LogP contribution >= 0.6 is 23.2 Å². The second kappa shape index (κ2) is 6.16. The number of amides is 1. The van der Waals surface area contributed by atoms with E-state index in [-0.39, 0.29) is 12.0 Å². The highest BCUT2D eigenvalue weighted by Crippen LogP contribution is 2.44. The van der Waals surface area contributed by atoms with Crippen molar-refractivity contribution in [3.05, 3.63) is 39.9 Å². The molecule has 0 aliphatic carbocycles. The molecule has 0 saturated carbocycles. The molecule has 2 rings (SSSR count). The van der Waals surface area contributed by atoms with Crippen LogP contribution in [0.4, 0.5) is 4.79 Å². The summed E-state index contributed by atoms with van der Waals surface area (Å²) < 4.78 is 5.35. The van der Waals surface area contributed by atoms with Crippen LogP contribution < -0.4 is 4.74 Å².